The van der Waals surface area contributed by atoms with E-state index in [4.69, 9.17) is 25.8 Å². The molecule has 3 aliphatic rings. The Labute approximate surface area is 215 Å². The summed E-state index contributed by atoms with van der Waals surface area (Å²) in [5, 5.41) is 7.80. The molecule has 4 heterocycles. The zero-order chi connectivity index (χ0) is 24.5. The van der Waals surface area contributed by atoms with Crippen LogP contribution in [0.25, 0.3) is 16.6 Å². The maximum absolute atomic E-state index is 12.1. The fraction of sp³-hybridized carbons (Fsp3) is 0.519. The number of pyridine rings is 2. The molecule has 1 unspecified atom stereocenters. The third kappa shape index (κ3) is 5.51. The zero-order valence-corrected chi connectivity index (χ0v) is 21.0. The van der Waals surface area contributed by atoms with Crippen LogP contribution in [-0.4, -0.2) is 45.6 Å². The highest BCUT2D eigenvalue weighted by molar-refractivity contribution is 6.29. The number of carbonyl (C=O) groups excluding carboxylic acids is 1. The van der Waals surface area contributed by atoms with E-state index in [2.05, 4.69) is 15.4 Å². The maximum atomic E-state index is 12.1. The Morgan fingerprint density at radius 2 is 1.89 bits per heavy atom. The SMILES string of the molecule is O=C(Nc1cc2cc(-c3cc(Cl)ncc3O[C@H]3CC[C@H](OC4CCCCO4)CC3)ccn2n1)C1CC1. The van der Waals surface area contributed by atoms with Crippen LogP contribution >= 0.6 is 11.6 Å². The van der Waals surface area contributed by atoms with E-state index in [1.165, 1.54) is 6.42 Å². The predicted octanol–water partition coefficient (Wildman–Crippen LogP) is 5.63. The smallest absolute Gasteiger partial charge is 0.228 e. The highest BCUT2D eigenvalue weighted by Crippen LogP contribution is 2.36. The average Bonchev–Trinajstić information content (AvgIpc) is 3.67. The van der Waals surface area contributed by atoms with Crippen LogP contribution in [0.5, 0.6) is 5.75 Å². The van der Waals surface area contributed by atoms with Gasteiger partial charge in [0.25, 0.3) is 0 Å². The molecule has 2 saturated carbocycles. The van der Waals surface area contributed by atoms with E-state index in [-0.39, 0.29) is 30.3 Å². The molecule has 0 aromatic carbocycles. The number of hydrogen-bond acceptors (Lipinski definition) is 6. The molecule has 2 aliphatic carbocycles. The summed E-state index contributed by atoms with van der Waals surface area (Å²) in [6.45, 7) is 0.803. The molecule has 0 bridgehead atoms. The highest BCUT2D eigenvalue weighted by atomic mass is 35.5. The van der Waals surface area contributed by atoms with Gasteiger partial charge in [-0.15, -0.1) is 0 Å². The molecule has 3 aromatic heterocycles. The van der Waals surface area contributed by atoms with Gasteiger partial charge in [0.05, 0.1) is 23.9 Å². The number of carbonyl (C=O) groups is 1. The molecule has 9 heteroatoms. The molecule has 3 aromatic rings. The number of halogens is 1. The Kier molecular flexibility index (Phi) is 6.82. The summed E-state index contributed by atoms with van der Waals surface area (Å²) in [6, 6.07) is 7.71. The predicted molar refractivity (Wildman–Crippen MR) is 136 cm³/mol. The van der Waals surface area contributed by atoms with E-state index in [0.29, 0.717) is 16.7 Å². The van der Waals surface area contributed by atoms with Crippen LogP contribution in [0.3, 0.4) is 0 Å². The molecule has 190 valence electrons. The quantitative estimate of drug-likeness (QED) is 0.414. The van der Waals surface area contributed by atoms with Crippen molar-refractivity contribution in [1.82, 2.24) is 14.6 Å². The van der Waals surface area contributed by atoms with Gasteiger partial charge in [-0.1, -0.05) is 11.6 Å². The van der Waals surface area contributed by atoms with Crippen LogP contribution in [-0.2, 0) is 14.3 Å². The lowest BCUT2D eigenvalue weighted by atomic mass is 9.94. The van der Waals surface area contributed by atoms with Crippen molar-refractivity contribution in [3.05, 3.63) is 41.8 Å². The van der Waals surface area contributed by atoms with E-state index < -0.39 is 0 Å². The van der Waals surface area contributed by atoms with Crippen molar-refractivity contribution in [2.24, 2.45) is 5.92 Å². The molecule has 36 heavy (non-hydrogen) atoms. The minimum absolute atomic E-state index is 0.0432. The molecule has 6 rings (SSSR count). The molecule has 0 radical (unpaired) electrons. The summed E-state index contributed by atoms with van der Waals surface area (Å²) in [7, 11) is 0. The number of fused-ring (bicyclic) bond motifs is 1. The zero-order valence-electron chi connectivity index (χ0n) is 20.2. The lowest BCUT2D eigenvalue weighted by molar-refractivity contribution is -0.195. The van der Waals surface area contributed by atoms with Gasteiger partial charge in [0.1, 0.15) is 10.9 Å². The first-order valence-electron chi connectivity index (χ1n) is 13.0. The Hall–Kier alpha value is -2.68. The highest BCUT2D eigenvalue weighted by Gasteiger charge is 2.30. The molecular formula is C27H31ClN4O4. The second kappa shape index (κ2) is 10.4. The van der Waals surface area contributed by atoms with Crippen LogP contribution in [0.2, 0.25) is 5.15 Å². The standard InChI is InChI=1S/C27H31ClN4O4/c28-24-15-22(18-10-11-32-19(13-18)14-25(31-32)30-27(33)17-4-5-17)23(16-29-24)35-20-6-8-21(9-7-20)36-26-3-1-2-12-34-26/h10-11,13-17,20-21,26H,1-9,12H2,(H,30,31,33)/t20-,21-,26?. The molecule has 3 fully saturated rings. The van der Waals surface area contributed by atoms with Crippen molar-refractivity contribution in [2.75, 3.05) is 11.9 Å². The first-order valence-corrected chi connectivity index (χ1v) is 13.4. The van der Waals surface area contributed by atoms with Crippen molar-refractivity contribution in [3.8, 4) is 16.9 Å². The minimum Gasteiger partial charge on any atom is -0.488 e. The van der Waals surface area contributed by atoms with Crippen LogP contribution < -0.4 is 10.1 Å². The van der Waals surface area contributed by atoms with E-state index in [1.54, 1.807) is 10.7 Å². The molecular weight excluding hydrogens is 480 g/mol. The second-order valence-corrected chi connectivity index (χ2v) is 10.4. The average molecular weight is 511 g/mol. The summed E-state index contributed by atoms with van der Waals surface area (Å²) >= 11 is 6.28. The molecule has 1 atom stereocenters. The first-order chi connectivity index (χ1) is 17.6. The van der Waals surface area contributed by atoms with Gasteiger partial charge in [-0.2, -0.15) is 5.10 Å². The number of ether oxygens (including phenoxy) is 3. The van der Waals surface area contributed by atoms with Crippen molar-refractivity contribution >= 4 is 28.8 Å². The van der Waals surface area contributed by atoms with Crippen LogP contribution in [0.4, 0.5) is 5.82 Å². The lowest BCUT2D eigenvalue weighted by Crippen LogP contribution is -2.33. The fourth-order valence-corrected chi connectivity index (χ4v) is 5.19. The topological polar surface area (TPSA) is 87.0 Å². The van der Waals surface area contributed by atoms with E-state index in [9.17, 15) is 4.79 Å². The largest absolute Gasteiger partial charge is 0.488 e. The van der Waals surface area contributed by atoms with Gasteiger partial charge < -0.3 is 19.5 Å². The number of rotatable bonds is 7. The number of aromatic nitrogens is 3. The summed E-state index contributed by atoms with van der Waals surface area (Å²) in [5.74, 6) is 1.45. The monoisotopic (exact) mass is 510 g/mol. The summed E-state index contributed by atoms with van der Waals surface area (Å²) in [6.07, 6.45) is 12.8. The van der Waals surface area contributed by atoms with Gasteiger partial charge in [0.15, 0.2) is 12.1 Å². The third-order valence-corrected chi connectivity index (χ3v) is 7.41. The van der Waals surface area contributed by atoms with Crippen LogP contribution in [0.1, 0.15) is 57.8 Å². The van der Waals surface area contributed by atoms with Gasteiger partial charge >= 0.3 is 0 Å². The molecule has 0 spiro atoms. The maximum Gasteiger partial charge on any atom is 0.228 e. The van der Waals surface area contributed by atoms with Gasteiger partial charge in [-0.3, -0.25) is 4.79 Å². The summed E-state index contributed by atoms with van der Waals surface area (Å²) in [4.78, 5) is 16.4. The number of hydrogen-bond donors (Lipinski definition) is 1. The molecule has 1 N–H and O–H groups in total. The molecule has 8 nitrogen and oxygen atoms in total. The van der Waals surface area contributed by atoms with E-state index in [0.717, 1.165) is 74.6 Å². The van der Waals surface area contributed by atoms with Gasteiger partial charge in [-0.05, 0) is 81.5 Å². The Morgan fingerprint density at radius 1 is 1.06 bits per heavy atom. The number of amides is 1. The Bertz CT molecular complexity index is 1230. The summed E-state index contributed by atoms with van der Waals surface area (Å²) < 4.78 is 20.1. The van der Waals surface area contributed by atoms with Crippen LogP contribution in [0, 0.1) is 5.92 Å². The lowest BCUT2D eigenvalue weighted by Gasteiger charge is -2.33. The van der Waals surface area contributed by atoms with Gasteiger partial charge in [-0.25, -0.2) is 9.50 Å². The third-order valence-electron chi connectivity index (χ3n) is 7.20. The van der Waals surface area contributed by atoms with Crippen molar-refractivity contribution in [2.45, 2.75) is 76.3 Å². The van der Waals surface area contributed by atoms with Crippen molar-refractivity contribution < 1.29 is 19.0 Å². The van der Waals surface area contributed by atoms with E-state index >= 15 is 0 Å². The number of anilines is 1. The molecule has 1 amide bonds. The molecule has 1 saturated heterocycles. The minimum atomic E-state index is -0.0470. The van der Waals surface area contributed by atoms with Crippen molar-refractivity contribution in [1.29, 1.82) is 0 Å². The van der Waals surface area contributed by atoms with Gasteiger partial charge in [0, 0.05) is 30.4 Å². The fourth-order valence-electron chi connectivity index (χ4n) is 5.03. The van der Waals surface area contributed by atoms with Crippen LogP contribution in [0.15, 0.2) is 36.7 Å². The first kappa shape index (κ1) is 23.7. The number of nitrogens with one attached hydrogen (secondary N) is 1. The second-order valence-electron chi connectivity index (χ2n) is 10.0. The van der Waals surface area contributed by atoms with E-state index in [1.807, 2.05) is 30.5 Å². The Balaban J connectivity index is 1.14. The Morgan fingerprint density at radius 3 is 2.67 bits per heavy atom. The normalized spacial score (nSPS) is 24.5. The van der Waals surface area contributed by atoms with Crippen molar-refractivity contribution in [3.63, 3.8) is 0 Å². The number of nitrogens with zero attached hydrogens (tertiary/aromatic N) is 3. The molecule has 1 aliphatic heterocycles. The summed E-state index contributed by atoms with van der Waals surface area (Å²) in [5.41, 5.74) is 2.71. The van der Waals surface area contributed by atoms with Gasteiger partial charge in [0.2, 0.25) is 5.91 Å².